The molecule has 2 aromatic carbocycles. The molecule has 0 aliphatic carbocycles. The van der Waals surface area contributed by atoms with Gasteiger partial charge in [0.15, 0.2) is 0 Å². The Kier molecular flexibility index (Phi) is 5.99. The van der Waals surface area contributed by atoms with E-state index in [1.165, 1.54) is 6.07 Å². The van der Waals surface area contributed by atoms with Crippen molar-refractivity contribution in [1.82, 2.24) is 9.88 Å². The Morgan fingerprint density at radius 3 is 2.45 bits per heavy atom. The number of halogens is 1. The molecule has 6 heteroatoms. The molecule has 1 atom stereocenters. The Labute approximate surface area is 175 Å². The molecule has 29 heavy (non-hydrogen) atoms. The fourth-order valence-corrected chi connectivity index (χ4v) is 3.55. The topological polar surface area (TPSA) is 71.3 Å². The summed E-state index contributed by atoms with van der Waals surface area (Å²) in [5.74, 6) is -0.413. The number of benzene rings is 2. The molecule has 1 aromatic heterocycles. The molecule has 0 saturated heterocycles. The minimum atomic E-state index is -0.206. The highest BCUT2D eigenvalue weighted by atomic mass is 35.5. The largest absolute Gasteiger partial charge is 0.506 e. The van der Waals surface area contributed by atoms with E-state index >= 15 is 0 Å². The second-order valence-electron chi connectivity index (χ2n) is 7.44. The second-order valence-corrected chi connectivity index (χ2v) is 7.85. The van der Waals surface area contributed by atoms with Gasteiger partial charge in [-0.2, -0.15) is 0 Å². The summed E-state index contributed by atoms with van der Waals surface area (Å²) in [4.78, 5) is 25.8. The highest BCUT2D eigenvalue weighted by molar-refractivity contribution is 6.33. The molecular formula is C23H25ClN2O3. The van der Waals surface area contributed by atoms with E-state index in [1.807, 2.05) is 39.8 Å². The Morgan fingerprint density at radius 1 is 1.17 bits per heavy atom. The summed E-state index contributed by atoms with van der Waals surface area (Å²) < 4.78 is 1.57. The van der Waals surface area contributed by atoms with E-state index in [9.17, 15) is 14.7 Å². The summed E-state index contributed by atoms with van der Waals surface area (Å²) in [5.41, 5.74) is 3.53. The van der Waals surface area contributed by atoms with Gasteiger partial charge in [0.25, 0.3) is 5.91 Å². The van der Waals surface area contributed by atoms with Crippen LogP contribution in [0.4, 0.5) is 0 Å². The van der Waals surface area contributed by atoms with E-state index in [4.69, 9.17) is 11.6 Å². The lowest BCUT2D eigenvalue weighted by atomic mass is 10.1. The fraction of sp³-hybridized carbons (Fsp3) is 0.304. The summed E-state index contributed by atoms with van der Waals surface area (Å²) in [6.07, 6.45) is 0.941. The van der Waals surface area contributed by atoms with Gasteiger partial charge in [0.05, 0.1) is 17.0 Å². The third kappa shape index (κ3) is 4.15. The minimum Gasteiger partial charge on any atom is -0.506 e. The van der Waals surface area contributed by atoms with Gasteiger partial charge in [0.1, 0.15) is 5.75 Å². The number of carbonyl (C=O) groups excluding carboxylic acids is 2. The molecule has 0 radical (unpaired) electrons. The van der Waals surface area contributed by atoms with Crippen LogP contribution < -0.4 is 5.32 Å². The summed E-state index contributed by atoms with van der Waals surface area (Å²) >= 11 is 6.13. The quantitative estimate of drug-likeness (QED) is 0.634. The minimum absolute atomic E-state index is 0.0631. The van der Waals surface area contributed by atoms with E-state index in [1.54, 1.807) is 22.8 Å². The van der Waals surface area contributed by atoms with Gasteiger partial charge < -0.3 is 10.4 Å². The number of carbonyl (C=O) groups is 2. The van der Waals surface area contributed by atoms with Crippen LogP contribution in [0.5, 0.6) is 5.75 Å². The van der Waals surface area contributed by atoms with Gasteiger partial charge >= 0.3 is 0 Å². The number of hydrogen-bond acceptors (Lipinski definition) is 3. The van der Waals surface area contributed by atoms with Crippen LogP contribution in [0.25, 0.3) is 10.9 Å². The maximum atomic E-state index is 13.3. The molecule has 152 valence electrons. The monoisotopic (exact) mass is 412 g/mol. The molecule has 0 fully saturated rings. The molecule has 1 unspecified atom stereocenters. The second kappa shape index (κ2) is 8.29. The van der Waals surface area contributed by atoms with E-state index < -0.39 is 0 Å². The number of phenolic OH excluding ortho intramolecular Hbond substituents is 1. The van der Waals surface area contributed by atoms with Crippen molar-refractivity contribution in [3.8, 4) is 5.75 Å². The lowest BCUT2D eigenvalue weighted by Gasteiger charge is -2.12. The van der Waals surface area contributed by atoms with Crippen molar-refractivity contribution in [2.45, 2.75) is 46.6 Å². The van der Waals surface area contributed by atoms with Crippen molar-refractivity contribution in [3.63, 3.8) is 0 Å². The molecule has 1 heterocycles. The number of aromatic nitrogens is 1. The summed E-state index contributed by atoms with van der Waals surface area (Å²) in [7, 11) is 0. The highest BCUT2D eigenvalue weighted by Crippen LogP contribution is 2.35. The van der Waals surface area contributed by atoms with Gasteiger partial charge in [0.2, 0.25) is 5.91 Å². The van der Waals surface area contributed by atoms with Crippen molar-refractivity contribution in [2.75, 3.05) is 0 Å². The number of aryl methyl sites for hydroxylation is 1. The van der Waals surface area contributed by atoms with Gasteiger partial charge in [0, 0.05) is 22.7 Å². The van der Waals surface area contributed by atoms with Crippen LogP contribution in [0.2, 0.25) is 5.02 Å². The number of rotatable bonds is 5. The molecule has 1 amide bonds. The number of fused-ring (bicyclic) bond motifs is 1. The Balaban J connectivity index is 2.13. The average Bonchev–Trinajstić information content (AvgIpc) is 2.93. The molecule has 0 saturated carbocycles. The van der Waals surface area contributed by atoms with Gasteiger partial charge in [-0.05, 0) is 57.0 Å². The summed E-state index contributed by atoms with van der Waals surface area (Å²) in [5, 5.41) is 13.9. The van der Waals surface area contributed by atoms with Crippen molar-refractivity contribution in [1.29, 1.82) is 0 Å². The zero-order valence-corrected chi connectivity index (χ0v) is 17.8. The predicted molar refractivity (Wildman–Crippen MR) is 116 cm³/mol. The van der Waals surface area contributed by atoms with Crippen LogP contribution in [-0.2, 0) is 11.2 Å². The molecule has 5 nitrogen and oxygen atoms in total. The Morgan fingerprint density at radius 2 is 1.83 bits per heavy atom. The number of aromatic hydroxyl groups is 1. The summed E-state index contributed by atoms with van der Waals surface area (Å²) in [6.45, 7) is 7.72. The number of nitrogens with one attached hydrogen (secondary N) is 1. The van der Waals surface area contributed by atoms with Crippen LogP contribution in [0, 0.1) is 13.8 Å². The van der Waals surface area contributed by atoms with E-state index in [0.717, 1.165) is 12.0 Å². The average molecular weight is 413 g/mol. The first-order valence-electron chi connectivity index (χ1n) is 9.66. The predicted octanol–water partition coefficient (Wildman–Crippen LogP) is 4.76. The maximum Gasteiger partial charge on any atom is 0.262 e. The number of hydrogen-bond donors (Lipinski definition) is 2. The molecule has 0 aliphatic rings. The van der Waals surface area contributed by atoms with Crippen molar-refractivity contribution < 1.29 is 14.7 Å². The first-order valence-corrected chi connectivity index (χ1v) is 10.0. The molecular weight excluding hydrogens is 388 g/mol. The number of amides is 1. The first-order chi connectivity index (χ1) is 13.7. The Hall–Kier alpha value is -2.79. The summed E-state index contributed by atoms with van der Waals surface area (Å²) in [6, 6.07) is 10.5. The van der Waals surface area contributed by atoms with Crippen molar-refractivity contribution in [3.05, 3.63) is 63.8 Å². The molecule has 0 bridgehead atoms. The van der Waals surface area contributed by atoms with Crippen LogP contribution in [-0.4, -0.2) is 27.5 Å². The lowest BCUT2D eigenvalue weighted by Crippen LogP contribution is -2.33. The molecule has 0 aliphatic heterocycles. The van der Waals surface area contributed by atoms with E-state index in [0.29, 0.717) is 27.7 Å². The highest BCUT2D eigenvalue weighted by Gasteiger charge is 2.23. The van der Waals surface area contributed by atoms with Gasteiger partial charge in [-0.15, -0.1) is 0 Å². The van der Waals surface area contributed by atoms with Gasteiger partial charge in [-0.3, -0.25) is 14.2 Å². The number of phenols is 1. The fourth-order valence-electron chi connectivity index (χ4n) is 3.39. The lowest BCUT2D eigenvalue weighted by molar-refractivity contribution is -0.121. The SMILES string of the molecule is CCC(C)NC(=O)Cc1c(C)n(C(=O)c2ccc(C)cc2)c2cc(Cl)c(O)cc12. The van der Waals surface area contributed by atoms with Gasteiger partial charge in [-0.25, -0.2) is 0 Å². The van der Waals surface area contributed by atoms with E-state index in [2.05, 4.69) is 5.32 Å². The van der Waals surface area contributed by atoms with Crippen molar-refractivity contribution >= 4 is 34.3 Å². The smallest absolute Gasteiger partial charge is 0.262 e. The zero-order valence-electron chi connectivity index (χ0n) is 17.0. The number of nitrogens with zero attached hydrogens (tertiary/aromatic N) is 1. The van der Waals surface area contributed by atoms with Crippen LogP contribution in [0.15, 0.2) is 36.4 Å². The standard InChI is InChI=1S/C23H25ClN2O3/c1-5-14(3)25-22(28)11-17-15(4)26(20-12-19(24)21(27)10-18(17)20)23(29)16-8-6-13(2)7-9-16/h6-10,12,14,27H,5,11H2,1-4H3,(H,25,28). The zero-order chi connectivity index (χ0) is 21.3. The third-order valence-electron chi connectivity index (χ3n) is 5.26. The van der Waals surface area contributed by atoms with Crippen LogP contribution in [0.1, 0.15) is 47.4 Å². The first kappa shape index (κ1) is 20.9. The van der Waals surface area contributed by atoms with Crippen LogP contribution >= 0.6 is 11.6 Å². The molecule has 3 aromatic rings. The molecule has 0 spiro atoms. The molecule has 3 rings (SSSR count). The molecule has 2 N–H and O–H groups in total. The van der Waals surface area contributed by atoms with Crippen LogP contribution in [0.3, 0.4) is 0 Å². The van der Waals surface area contributed by atoms with Gasteiger partial charge in [-0.1, -0.05) is 36.2 Å². The normalized spacial score (nSPS) is 12.2. The third-order valence-corrected chi connectivity index (χ3v) is 5.56. The maximum absolute atomic E-state index is 13.3. The van der Waals surface area contributed by atoms with E-state index in [-0.39, 0.29) is 35.0 Å². The Bertz CT molecular complexity index is 1080. The van der Waals surface area contributed by atoms with Crippen molar-refractivity contribution in [2.24, 2.45) is 0 Å².